The van der Waals surface area contributed by atoms with E-state index in [1.807, 2.05) is 5.38 Å². The highest BCUT2D eigenvalue weighted by Crippen LogP contribution is 2.23. The molecule has 0 spiro atoms. The van der Waals surface area contributed by atoms with Gasteiger partial charge in [0.25, 0.3) is 0 Å². The monoisotopic (exact) mass is 251 g/mol. The Morgan fingerprint density at radius 2 is 2.29 bits per heavy atom. The fourth-order valence-corrected chi connectivity index (χ4v) is 1.97. The molecule has 0 aliphatic heterocycles. The summed E-state index contributed by atoms with van der Waals surface area (Å²) in [7, 11) is 1.53. The number of anilines is 2. The molecular weight excluding hydrogens is 238 g/mol. The van der Waals surface area contributed by atoms with Gasteiger partial charge < -0.3 is 15.8 Å². The smallest absolute Gasteiger partial charge is 0.242 e. The van der Waals surface area contributed by atoms with Crippen LogP contribution in [0, 0.1) is 0 Å². The maximum atomic E-state index is 5.83. The largest absolute Gasteiger partial charge is 0.479 e. The second-order valence-corrected chi connectivity index (χ2v) is 4.23. The fourth-order valence-electron chi connectivity index (χ4n) is 1.35. The fraction of sp³-hybridized carbons (Fsp3) is 0.300. The lowest BCUT2D eigenvalue weighted by molar-refractivity contribution is 0.399. The van der Waals surface area contributed by atoms with E-state index in [1.54, 1.807) is 17.5 Å². The molecule has 0 aromatic carbocycles. The molecule has 2 aromatic rings. The number of hydrogen-bond donors (Lipinski definition) is 2. The van der Waals surface area contributed by atoms with E-state index in [4.69, 9.17) is 10.5 Å². The number of nitrogens with two attached hydrogens (primary N) is 1. The summed E-state index contributed by atoms with van der Waals surface area (Å²) in [5.74, 6) is 0.977. The minimum Gasteiger partial charge on any atom is -0.479 e. The molecule has 6 nitrogen and oxygen atoms in total. The lowest BCUT2D eigenvalue weighted by atomic mass is 10.4. The number of nitrogens with one attached hydrogen (secondary N) is 1. The average molecular weight is 251 g/mol. The van der Waals surface area contributed by atoms with Crippen molar-refractivity contribution in [1.29, 1.82) is 0 Å². The third-order valence-corrected chi connectivity index (χ3v) is 2.99. The van der Waals surface area contributed by atoms with Crippen LogP contribution in [0.5, 0.6) is 5.88 Å². The second-order valence-electron chi connectivity index (χ2n) is 3.25. The van der Waals surface area contributed by atoms with Gasteiger partial charge in [-0.3, -0.25) is 0 Å². The van der Waals surface area contributed by atoms with Gasteiger partial charge in [-0.1, -0.05) is 0 Å². The number of nitrogen functional groups attached to an aromatic ring is 1. The molecule has 17 heavy (non-hydrogen) atoms. The van der Waals surface area contributed by atoms with Crippen LogP contribution in [0.2, 0.25) is 0 Å². The van der Waals surface area contributed by atoms with Crippen molar-refractivity contribution < 1.29 is 4.74 Å². The SMILES string of the molecule is COc1ncnc(NCCc2nccs2)c1N. The molecule has 0 saturated heterocycles. The predicted molar refractivity (Wildman–Crippen MR) is 67.3 cm³/mol. The molecule has 0 atom stereocenters. The van der Waals surface area contributed by atoms with E-state index in [2.05, 4.69) is 20.3 Å². The van der Waals surface area contributed by atoms with E-state index in [1.165, 1.54) is 13.4 Å². The number of methoxy groups -OCH3 is 1. The van der Waals surface area contributed by atoms with Crippen molar-refractivity contribution in [3.63, 3.8) is 0 Å². The summed E-state index contributed by atoms with van der Waals surface area (Å²) < 4.78 is 5.01. The lowest BCUT2D eigenvalue weighted by Gasteiger charge is -2.09. The van der Waals surface area contributed by atoms with Crippen LogP contribution in [0.15, 0.2) is 17.9 Å². The zero-order valence-electron chi connectivity index (χ0n) is 9.38. The van der Waals surface area contributed by atoms with Crippen molar-refractivity contribution in [2.75, 3.05) is 24.7 Å². The van der Waals surface area contributed by atoms with Gasteiger partial charge in [-0.05, 0) is 0 Å². The number of rotatable bonds is 5. The third-order valence-electron chi connectivity index (χ3n) is 2.16. The van der Waals surface area contributed by atoms with Crippen molar-refractivity contribution in [2.45, 2.75) is 6.42 Å². The molecule has 90 valence electrons. The molecule has 0 fully saturated rings. The van der Waals surface area contributed by atoms with Gasteiger partial charge in [0.15, 0.2) is 5.82 Å². The number of aromatic nitrogens is 3. The summed E-state index contributed by atoms with van der Waals surface area (Å²) in [5.41, 5.74) is 6.25. The van der Waals surface area contributed by atoms with E-state index in [-0.39, 0.29) is 0 Å². The third kappa shape index (κ3) is 2.82. The van der Waals surface area contributed by atoms with Gasteiger partial charge in [0.2, 0.25) is 5.88 Å². The van der Waals surface area contributed by atoms with Crippen LogP contribution in [0.3, 0.4) is 0 Å². The van der Waals surface area contributed by atoms with E-state index in [0.29, 0.717) is 17.4 Å². The Labute approximate surface area is 103 Å². The summed E-state index contributed by atoms with van der Waals surface area (Å²) in [6.45, 7) is 0.720. The molecule has 0 unspecified atom stereocenters. The first-order valence-corrected chi connectivity index (χ1v) is 5.96. The molecular formula is C10H13N5OS. The van der Waals surface area contributed by atoms with Crippen LogP contribution in [0.1, 0.15) is 5.01 Å². The first kappa shape index (κ1) is 11.6. The highest BCUT2D eigenvalue weighted by atomic mass is 32.1. The standard InChI is InChI=1S/C10H13N5OS/c1-16-10-8(11)9(14-6-15-10)13-3-2-7-12-4-5-17-7/h4-6H,2-3,11H2,1H3,(H,13,14,15). The Bertz CT molecular complexity index is 474. The van der Waals surface area contributed by atoms with Gasteiger partial charge in [0.1, 0.15) is 12.0 Å². The molecule has 0 aliphatic carbocycles. The minimum absolute atomic E-state index is 0.386. The van der Waals surface area contributed by atoms with Crippen LogP contribution in [0.4, 0.5) is 11.5 Å². The van der Waals surface area contributed by atoms with Crippen LogP contribution in [-0.4, -0.2) is 28.6 Å². The Kier molecular flexibility index (Phi) is 3.71. The molecule has 2 heterocycles. The molecule has 3 N–H and O–H groups in total. The minimum atomic E-state index is 0.386. The molecule has 7 heteroatoms. The summed E-state index contributed by atoms with van der Waals surface area (Å²) in [4.78, 5) is 12.2. The van der Waals surface area contributed by atoms with E-state index in [0.717, 1.165) is 18.0 Å². The van der Waals surface area contributed by atoms with E-state index in [9.17, 15) is 0 Å². The van der Waals surface area contributed by atoms with Gasteiger partial charge in [-0.25, -0.2) is 9.97 Å². The average Bonchev–Trinajstić information content (AvgIpc) is 2.84. The molecule has 0 aliphatic rings. The highest BCUT2D eigenvalue weighted by Gasteiger charge is 2.07. The summed E-state index contributed by atoms with van der Waals surface area (Å²) in [6, 6.07) is 0. The van der Waals surface area contributed by atoms with Crippen molar-refractivity contribution in [3.8, 4) is 5.88 Å². The predicted octanol–water partition coefficient (Wildman–Crippen LogP) is 1.18. The Morgan fingerprint density at radius 3 is 3.00 bits per heavy atom. The maximum absolute atomic E-state index is 5.83. The Morgan fingerprint density at radius 1 is 1.41 bits per heavy atom. The number of ether oxygens (including phenoxy) is 1. The van der Waals surface area contributed by atoms with E-state index >= 15 is 0 Å². The molecule has 0 amide bonds. The maximum Gasteiger partial charge on any atom is 0.242 e. The lowest BCUT2D eigenvalue weighted by Crippen LogP contribution is -2.09. The number of nitrogens with zero attached hydrogens (tertiary/aromatic N) is 3. The number of thiazole rings is 1. The Balaban J connectivity index is 1.95. The zero-order valence-corrected chi connectivity index (χ0v) is 10.2. The topological polar surface area (TPSA) is 86.0 Å². The van der Waals surface area contributed by atoms with Gasteiger partial charge in [0, 0.05) is 24.5 Å². The Hall–Kier alpha value is -1.89. The normalized spacial score (nSPS) is 10.2. The molecule has 2 aromatic heterocycles. The van der Waals surface area contributed by atoms with Gasteiger partial charge in [-0.2, -0.15) is 4.98 Å². The molecule has 0 radical (unpaired) electrons. The quantitative estimate of drug-likeness (QED) is 0.830. The van der Waals surface area contributed by atoms with Crippen LogP contribution in [-0.2, 0) is 6.42 Å². The first-order chi connectivity index (χ1) is 8.31. The van der Waals surface area contributed by atoms with Crippen LogP contribution in [0.25, 0.3) is 0 Å². The molecule has 0 saturated carbocycles. The van der Waals surface area contributed by atoms with Crippen LogP contribution >= 0.6 is 11.3 Å². The van der Waals surface area contributed by atoms with Crippen molar-refractivity contribution >= 4 is 22.8 Å². The summed E-state index contributed by atoms with van der Waals surface area (Å²) in [6.07, 6.45) is 4.05. The summed E-state index contributed by atoms with van der Waals surface area (Å²) in [5, 5.41) is 6.17. The van der Waals surface area contributed by atoms with Crippen molar-refractivity contribution in [1.82, 2.24) is 15.0 Å². The van der Waals surface area contributed by atoms with Gasteiger partial charge in [0.05, 0.1) is 12.1 Å². The van der Waals surface area contributed by atoms with Gasteiger partial charge >= 0.3 is 0 Å². The number of hydrogen-bond acceptors (Lipinski definition) is 7. The zero-order chi connectivity index (χ0) is 12.1. The highest BCUT2D eigenvalue weighted by molar-refractivity contribution is 7.09. The van der Waals surface area contributed by atoms with Crippen LogP contribution < -0.4 is 15.8 Å². The first-order valence-electron chi connectivity index (χ1n) is 5.08. The molecule has 0 bridgehead atoms. The van der Waals surface area contributed by atoms with Crippen molar-refractivity contribution in [2.24, 2.45) is 0 Å². The second kappa shape index (κ2) is 5.44. The molecule has 2 rings (SSSR count). The van der Waals surface area contributed by atoms with Crippen molar-refractivity contribution in [3.05, 3.63) is 22.9 Å². The van der Waals surface area contributed by atoms with E-state index < -0.39 is 0 Å². The van der Waals surface area contributed by atoms with Gasteiger partial charge in [-0.15, -0.1) is 11.3 Å². The summed E-state index contributed by atoms with van der Waals surface area (Å²) >= 11 is 1.63.